The smallest absolute Gasteiger partial charge is 0.278 e. The fraction of sp³-hybridized carbons (Fsp3) is 0.111. The molecule has 0 bridgehead atoms. The lowest BCUT2D eigenvalue weighted by Crippen LogP contribution is -2.24. The largest absolute Gasteiger partial charge is 0.497 e. The zero-order valence-electron chi connectivity index (χ0n) is 18.8. The third kappa shape index (κ3) is 4.83. The van der Waals surface area contributed by atoms with Crippen LogP contribution in [0, 0.1) is 5.82 Å². The maximum absolute atomic E-state index is 13.6. The molecule has 0 unspecified atom stereocenters. The van der Waals surface area contributed by atoms with Gasteiger partial charge in [-0.3, -0.25) is 9.36 Å². The molecule has 1 N–H and O–H groups in total. The normalized spacial score (nSPS) is 11.2. The minimum atomic E-state index is -0.389. The zero-order valence-corrected chi connectivity index (χ0v) is 20.4. The Labute approximate surface area is 210 Å². The lowest BCUT2D eigenvalue weighted by Gasteiger charge is -2.13. The second kappa shape index (κ2) is 9.98. The summed E-state index contributed by atoms with van der Waals surface area (Å²) in [5, 5.41) is 0.893. The van der Waals surface area contributed by atoms with Crippen molar-refractivity contribution >= 4 is 34.4 Å². The molecule has 176 valence electrons. The summed E-state index contributed by atoms with van der Waals surface area (Å²) >= 11 is 7.64. The summed E-state index contributed by atoms with van der Waals surface area (Å²) < 4.78 is 20.4. The van der Waals surface area contributed by atoms with E-state index in [0.29, 0.717) is 33.5 Å². The molecule has 0 saturated carbocycles. The highest BCUT2D eigenvalue weighted by atomic mass is 35.5. The van der Waals surface area contributed by atoms with Gasteiger partial charge < -0.3 is 9.72 Å². The minimum Gasteiger partial charge on any atom is -0.497 e. The maximum atomic E-state index is 13.6. The summed E-state index contributed by atoms with van der Waals surface area (Å²) in [4.78, 5) is 21.7. The number of ether oxygens (including phenoxy) is 1. The number of hydrogen-bond donors (Lipinski definition) is 1. The first-order chi connectivity index (χ1) is 17.0. The predicted molar refractivity (Wildman–Crippen MR) is 139 cm³/mol. The van der Waals surface area contributed by atoms with Crippen molar-refractivity contribution < 1.29 is 9.13 Å². The predicted octanol–water partition coefficient (Wildman–Crippen LogP) is 6.53. The second-order valence-electron chi connectivity index (χ2n) is 7.95. The van der Waals surface area contributed by atoms with Gasteiger partial charge >= 0.3 is 0 Å². The van der Waals surface area contributed by atoms with E-state index >= 15 is 0 Å². The van der Waals surface area contributed by atoms with Gasteiger partial charge in [0.2, 0.25) is 0 Å². The molecule has 0 aliphatic carbocycles. The first-order valence-electron chi connectivity index (χ1n) is 10.9. The molecule has 3 aromatic carbocycles. The molecule has 2 heterocycles. The molecule has 5 rings (SSSR count). The Morgan fingerprint density at radius 3 is 2.57 bits per heavy atom. The second-order valence-corrected chi connectivity index (χ2v) is 9.30. The number of halogens is 2. The Morgan fingerprint density at radius 1 is 1.09 bits per heavy atom. The molecule has 0 radical (unpaired) electrons. The fourth-order valence-corrected chi connectivity index (χ4v) is 5.16. The maximum Gasteiger partial charge on any atom is 0.278 e. The SMILES string of the molecule is COc1ccc(Cn2c(SCc3ccc(F)cc3Cl)nc3c(-c4ccccc4)c[nH]c3c2=O)cc1. The van der Waals surface area contributed by atoms with Crippen LogP contribution in [-0.4, -0.2) is 21.6 Å². The van der Waals surface area contributed by atoms with Crippen LogP contribution in [0.4, 0.5) is 4.39 Å². The van der Waals surface area contributed by atoms with E-state index < -0.39 is 0 Å². The van der Waals surface area contributed by atoms with Crippen LogP contribution in [0.15, 0.2) is 88.9 Å². The van der Waals surface area contributed by atoms with Gasteiger partial charge in [-0.15, -0.1) is 0 Å². The number of rotatable bonds is 7. The summed E-state index contributed by atoms with van der Waals surface area (Å²) in [6.07, 6.45) is 1.82. The molecule has 5 aromatic rings. The number of hydrogen-bond acceptors (Lipinski definition) is 4. The van der Waals surface area contributed by atoms with Crippen molar-refractivity contribution in [1.29, 1.82) is 0 Å². The van der Waals surface area contributed by atoms with Crippen LogP contribution in [0.25, 0.3) is 22.2 Å². The van der Waals surface area contributed by atoms with Gasteiger partial charge in [-0.1, -0.05) is 71.9 Å². The van der Waals surface area contributed by atoms with E-state index in [0.717, 1.165) is 28.0 Å². The van der Waals surface area contributed by atoms with E-state index in [4.69, 9.17) is 21.3 Å². The van der Waals surface area contributed by atoms with Crippen molar-refractivity contribution in [3.05, 3.63) is 111 Å². The Hall–Kier alpha value is -3.55. The number of methoxy groups -OCH3 is 1. The van der Waals surface area contributed by atoms with E-state index in [1.807, 2.05) is 60.8 Å². The third-order valence-corrected chi connectivity index (χ3v) is 7.08. The van der Waals surface area contributed by atoms with Crippen molar-refractivity contribution in [2.24, 2.45) is 0 Å². The van der Waals surface area contributed by atoms with Crippen molar-refractivity contribution in [2.45, 2.75) is 17.5 Å². The average molecular weight is 506 g/mol. The van der Waals surface area contributed by atoms with Gasteiger partial charge in [0.1, 0.15) is 22.6 Å². The van der Waals surface area contributed by atoms with E-state index in [-0.39, 0.29) is 11.4 Å². The van der Waals surface area contributed by atoms with Crippen molar-refractivity contribution in [1.82, 2.24) is 14.5 Å². The fourth-order valence-electron chi connectivity index (χ4n) is 3.85. The van der Waals surface area contributed by atoms with Gasteiger partial charge in [0.05, 0.1) is 13.7 Å². The zero-order chi connectivity index (χ0) is 24.4. The first-order valence-corrected chi connectivity index (χ1v) is 12.3. The Morgan fingerprint density at radius 2 is 1.86 bits per heavy atom. The molecule has 0 saturated heterocycles. The molecule has 0 spiro atoms. The van der Waals surface area contributed by atoms with Crippen LogP contribution in [0.2, 0.25) is 5.02 Å². The van der Waals surface area contributed by atoms with Gasteiger partial charge in [-0.25, -0.2) is 9.37 Å². The quantitative estimate of drug-likeness (QED) is 0.202. The van der Waals surface area contributed by atoms with E-state index in [1.165, 1.54) is 23.9 Å². The lowest BCUT2D eigenvalue weighted by molar-refractivity contribution is 0.414. The highest BCUT2D eigenvalue weighted by Gasteiger charge is 2.18. The average Bonchev–Trinajstić information content (AvgIpc) is 3.30. The minimum absolute atomic E-state index is 0.166. The number of benzene rings is 3. The molecule has 0 amide bonds. The summed E-state index contributed by atoms with van der Waals surface area (Å²) in [6, 6.07) is 21.7. The van der Waals surface area contributed by atoms with Crippen molar-refractivity contribution in [3.63, 3.8) is 0 Å². The van der Waals surface area contributed by atoms with Crippen molar-refractivity contribution in [2.75, 3.05) is 7.11 Å². The Bertz CT molecular complexity index is 1550. The molecule has 0 aliphatic heterocycles. The molecule has 0 fully saturated rings. The molecule has 8 heteroatoms. The van der Waals surface area contributed by atoms with E-state index in [2.05, 4.69) is 4.98 Å². The van der Waals surface area contributed by atoms with Crippen LogP contribution < -0.4 is 10.3 Å². The van der Waals surface area contributed by atoms with Crippen molar-refractivity contribution in [3.8, 4) is 16.9 Å². The van der Waals surface area contributed by atoms with Crippen LogP contribution in [0.1, 0.15) is 11.1 Å². The van der Waals surface area contributed by atoms with Crippen LogP contribution in [0.5, 0.6) is 5.75 Å². The molecule has 5 nitrogen and oxygen atoms in total. The number of nitrogens with one attached hydrogen (secondary N) is 1. The topological polar surface area (TPSA) is 59.9 Å². The Kier molecular flexibility index (Phi) is 6.61. The molecule has 35 heavy (non-hydrogen) atoms. The monoisotopic (exact) mass is 505 g/mol. The standard InChI is InChI=1S/C27H21ClFN3O2S/c1-34-21-11-7-17(8-12-21)15-32-26(33)25-24(22(14-30-25)18-5-3-2-4-6-18)31-27(32)35-16-19-9-10-20(29)13-23(19)28/h2-14,30H,15-16H2,1H3. The number of fused-ring (bicyclic) bond motifs is 1. The summed E-state index contributed by atoms with van der Waals surface area (Å²) in [7, 11) is 1.61. The van der Waals surface area contributed by atoms with Gasteiger partial charge in [-0.2, -0.15) is 0 Å². The van der Waals surface area contributed by atoms with Gasteiger partial charge in [0.15, 0.2) is 5.16 Å². The van der Waals surface area contributed by atoms with E-state index in [9.17, 15) is 9.18 Å². The van der Waals surface area contributed by atoms with Gasteiger partial charge in [-0.05, 0) is 41.0 Å². The van der Waals surface area contributed by atoms with E-state index in [1.54, 1.807) is 17.7 Å². The number of H-pyrrole nitrogens is 1. The van der Waals surface area contributed by atoms with Crippen LogP contribution in [0.3, 0.4) is 0 Å². The summed E-state index contributed by atoms with van der Waals surface area (Å²) in [5.74, 6) is 0.789. The van der Waals surface area contributed by atoms with Crippen LogP contribution >= 0.6 is 23.4 Å². The molecular weight excluding hydrogens is 485 g/mol. The first kappa shape index (κ1) is 23.2. The Balaban J connectivity index is 1.59. The number of nitrogens with zero attached hydrogens (tertiary/aromatic N) is 2. The third-order valence-electron chi connectivity index (χ3n) is 5.71. The van der Waals surface area contributed by atoms with Gasteiger partial charge in [0, 0.05) is 22.5 Å². The highest BCUT2D eigenvalue weighted by Crippen LogP contribution is 2.30. The van der Waals surface area contributed by atoms with Crippen LogP contribution in [-0.2, 0) is 12.3 Å². The molecule has 0 atom stereocenters. The highest BCUT2D eigenvalue weighted by molar-refractivity contribution is 7.98. The molecule has 0 aliphatic rings. The molecular formula is C27H21ClFN3O2S. The summed E-state index contributed by atoms with van der Waals surface area (Å²) in [5.41, 5.74) is 4.42. The van der Waals surface area contributed by atoms with Gasteiger partial charge in [0.25, 0.3) is 5.56 Å². The number of aromatic nitrogens is 3. The lowest BCUT2D eigenvalue weighted by atomic mass is 10.1. The number of aromatic amines is 1. The molecule has 2 aromatic heterocycles. The number of thioether (sulfide) groups is 1. The summed E-state index contributed by atoms with van der Waals surface area (Å²) in [6.45, 7) is 0.338.